The Hall–Kier alpha value is -3.22. The minimum Gasteiger partial charge on any atom is -0.485 e. The van der Waals surface area contributed by atoms with Gasteiger partial charge in [-0.25, -0.2) is 9.18 Å². The summed E-state index contributed by atoms with van der Waals surface area (Å²) in [7, 11) is 1.60. The largest absolute Gasteiger partial charge is 0.485 e. The Morgan fingerprint density at radius 3 is 2.36 bits per heavy atom. The van der Waals surface area contributed by atoms with Crippen molar-refractivity contribution < 1.29 is 13.9 Å². The molecule has 33 heavy (non-hydrogen) atoms. The average Bonchev–Trinajstić information content (AvgIpc) is 3.12. The number of rotatable bonds is 10. The van der Waals surface area contributed by atoms with E-state index in [1.54, 1.807) is 7.05 Å². The lowest BCUT2D eigenvalue weighted by atomic mass is 9.93. The lowest BCUT2D eigenvalue weighted by Gasteiger charge is -2.20. The Labute approximate surface area is 194 Å². The van der Waals surface area contributed by atoms with Crippen LogP contribution in [0.4, 0.5) is 4.39 Å². The average molecular weight is 454 g/mol. The van der Waals surface area contributed by atoms with Crippen LogP contribution >= 0.6 is 0 Å². The van der Waals surface area contributed by atoms with E-state index < -0.39 is 11.5 Å². The summed E-state index contributed by atoms with van der Waals surface area (Å²) in [4.78, 5) is 25.8. The van der Waals surface area contributed by atoms with Gasteiger partial charge >= 0.3 is 5.69 Å². The zero-order valence-electron chi connectivity index (χ0n) is 20.0. The number of carbonyl (C=O) groups is 1. The molecular weight excluding hydrogens is 421 g/mol. The van der Waals surface area contributed by atoms with Gasteiger partial charge < -0.3 is 4.74 Å². The highest BCUT2D eigenvalue weighted by Gasteiger charge is 2.23. The van der Waals surface area contributed by atoms with Gasteiger partial charge in [0.2, 0.25) is 0 Å². The molecule has 7 heteroatoms. The van der Waals surface area contributed by atoms with Crippen molar-refractivity contribution in [2.45, 2.75) is 59.5 Å². The summed E-state index contributed by atoms with van der Waals surface area (Å²) in [6.45, 7) is 7.82. The minimum absolute atomic E-state index is 0.0374. The second kappa shape index (κ2) is 10.6. The number of carbonyl (C=O) groups excluding carboxylic acids is 1. The maximum atomic E-state index is 15.2. The van der Waals surface area contributed by atoms with Crippen molar-refractivity contribution in [1.82, 2.24) is 14.3 Å². The molecule has 0 aliphatic rings. The van der Waals surface area contributed by atoms with Gasteiger partial charge in [-0.2, -0.15) is 4.68 Å². The molecule has 0 fully saturated rings. The molecule has 0 amide bonds. The maximum absolute atomic E-state index is 15.2. The number of ether oxygens (including phenoxy) is 1. The summed E-state index contributed by atoms with van der Waals surface area (Å²) in [5, 5.41) is 4.27. The Balaban J connectivity index is 2.10. The standard InChI is InChI=1S/C26H32FN3O3/c1-6-18(7-2)14-23(31)20-15-21(27)22(30-26(32)29(5)25(8-3)28-30)16-24(20)33-17(4)19-12-10-9-11-13-19/h9-13,15-18H,6-8,14H2,1-5H3. The molecule has 0 bridgehead atoms. The topological polar surface area (TPSA) is 66.1 Å². The van der Waals surface area contributed by atoms with Crippen molar-refractivity contribution in [3.05, 3.63) is 75.7 Å². The van der Waals surface area contributed by atoms with Crippen molar-refractivity contribution in [1.29, 1.82) is 0 Å². The lowest BCUT2D eigenvalue weighted by molar-refractivity contribution is 0.0951. The fraction of sp³-hybridized carbons (Fsp3) is 0.423. The highest BCUT2D eigenvalue weighted by molar-refractivity contribution is 5.99. The minimum atomic E-state index is -0.689. The van der Waals surface area contributed by atoms with E-state index in [1.165, 1.54) is 16.7 Å². The van der Waals surface area contributed by atoms with E-state index >= 15 is 4.39 Å². The molecule has 1 unspecified atom stereocenters. The first-order valence-electron chi connectivity index (χ1n) is 11.5. The molecule has 0 spiro atoms. The van der Waals surface area contributed by atoms with E-state index in [0.29, 0.717) is 18.7 Å². The number of benzene rings is 2. The fourth-order valence-electron chi connectivity index (χ4n) is 3.89. The second-order valence-electron chi connectivity index (χ2n) is 8.30. The number of halogens is 1. The van der Waals surface area contributed by atoms with Gasteiger partial charge in [0.1, 0.15) is 29.2 Å². The van der Waals surface area contributed by atoms with E-state index in [0.717, 1.165) is 23.1 Å². The molecule has 176 valence electrons. The van der Waals surface area contributed by atoms with Gasteiger partial charge in [0.05, 0.1) is 5.56 Å². The molecule has 0 aliphatic heterocycles. The van der Waals surface area contributed by atoms with Crippen LogP contribution in [0.5, 0.6) is 5.75 Å². The molecule has 6 nitrogen and oxygen atoms in total. The van der Waals surface area contributed by atoms with Crippen LogP contribution in [-0.2, 0) is 13.5 Å². The monoisotopic (exact) mass is 453 g/mol. The number of hydrogen-bond donors (Lipinski definition) is 0. The molecule has 3 rings (SSSR count). The summed E-state index contributed by atoms with van der Waals surface area (Å²) in [5.41, 5.74) is 0.615. The zero-order chi connectivity index (χ0) is 24.1. The highest BCUT2D eigenvalue weighted by atomic mass is 19.1. The van der Waals surface area contributed by atoms with Crippen LogP contribution in [0.2, 0.25) is 0 Å². The number of aromatic nitrogens is 3. The second-order valence-corrected chi connectivity index (χ2v) is 8.30. The molecular formula is C26H32FN3O3. The van der Waals surface area contributed by atoms with Crippen LogP contribution in [-0.4, -0.2) is 20.1 Å². The van der Waals surface area contributed by atoms with Crippen LogP contribution in [0.25, 0.3) is 5.69 Å². The summed E-state index contributed by atoms with van der Waals surface area (Å²) in [5.74, 6) is 0.130. The molecule has 1 aromatic heterocycles. The molecule has 0 aliphatic carbocycles. The quantitative estimate of drug-likeness (QED) is 0.385. The van der Waals surface area contributed by atoms with E-state index in [2.05, 4.69) is 5.10 Å². The first-order valence-corrected chi connectivity index (χ1v) is 11.5. The third-order valence-electron chi connectivity index (χ3n) is 6.17. The highest BCUT2D eigenvalue weighted by Crippen LogP contribution is 2.31. The van der Waals surface area contributed by atoms with Gasteiger partial charge in [-0.1, -0.05) is 63.9 Å². The van der Waals surface area contributed by atoms with E-state index in [9.17, 15) is 9.59 Å². The van der Waals surface area contributed by atoms with Crippen molar-refractivity contribution in [2.24, 2.45) is 13.0 Å². The maximum Gasteiger partial charge on any atom is 0.350 e. The number of nitrogens with zero attached hydrogens (tertiary/aromatic N) is 3. The van der Waals surface area contributed by atoms with E-state index in [-0.39, 0.29) is 34.8 Å². The van der Waals surface area contributed by atoms with E-state index in [4.69, 9.17) is 4.74 Å². The van der Waals surface area contributed by atoms with Crippen molar-refractivity contribution >= 4 is 5.78 Å². The van der Waals surface area contributed by atoms with Crippen LogP contribution in [0.3, 0.4) is 0 Å². The van der Waals surface area contributed by atoms with Crippen LogP contribution in [0, 0.1) is 11.7 Å². The number of hydrogen-bond acceptors (Lipinski definition) is 4. The number of Topliss-reactive ketones (excluding diaryl/α,β-unsaturated/α-hetero) is 1. The van der Waals surface area contributed by atoms with Crippen molar-refractivity contribution in [2.75, 3.05) is 0 Å². The van der Waals surface area contributed by atoms with Gasteiger partial charge in [-0.3, -0.25) is 9.36 Å². The third kappa shape index (κ3) is 5.24. The van der Waals surface area contributed by atoms with Gasteiger partial charge in [0.25, 0.3) is 0 Å². The normalized spacial score (nSPS) is 12.2. The molecule has 0 saturated carbocycles. The smallest absolute Gasteiger partial charge is 0.350 e. The first-order chi connectivity index (χ1) is 15.8. The summed E-state index contributed by atoms with van der Waals surface area (Å²) >= 11 is 0. The SMILES string of the molecule is CCc1nn(-c2cc(OC(C)c3ccccc3)c(C(=O)CC(CC)CC)cc2F)c(=O)n1C. The van der Waals surface area contributed by atoms with Gasteiger partial charge in [0, 0.05) is 26.0 Å². The molecule has 1 atom stereocenters. The lowest BCUT2D eigenvalue weighted by Crippen LogP contribution is -2.23. The summed E-state index contributed by atoms with van der Waals surface area (Å²) in [6, 6.07) is 12.2. The molecule has 1 heterocycles. The van der Waals surface area contributed by atoms with Crippen LogP contribution < -0.4 is 10.4 Å². The third-order valence-corrected chi connectivity index (χ3v) is 6.17. The molecule has 0 N–H and O–H groups in total. The summed E-state index contributed by atoms with van der Waals surface area (Å²) < 4.78 is 23.8. The number of aryl methyl sites for hydroxylation is 1. The van der Waals surface area contributed by atoms with Crippen LogP contribution in [0.15, 0.2) is 47.3 Å². The fourth-order valence-corrected chi connectivity index (χ4v) is 3.89. The zero-order valence-corrected chi connectivity index (χ0v) is 20.0. The Morgan fingerprint density at radius 1 is 1.12 bits per heavy atom. The first kappa shape index (κ1) is 24.4. The van der Waals surface area contributed by atoms with E-state index in [1.807, 2.05) is 58.0 Å². The van der Waals surface area contributed by atoms with Gasteiger partial charge in [-0.15, -0.1) is 5.10 Å². The Morgan fingerprint density at radius 2 is 1.79 bits per heavy atom. The van der Waals surface area contributed by atoms with Gasteiger partial charge in [0.15, 0.2) is 5.78 Å². The predicted molar refractivity (Wildman–Crippen MR) is 127 cm³/mol. The molecule has 0 radical (unpaired) electrons. The molecule has 0 saturated heterocycles. The molecule has 3 aromatic rings. The summed E-state index contributed by atoms with van der Waals surface area (Å²) in [6.07, 6.45) is 2.19. The van der Waals surface area contributed by atoms with Gasteiger partial charge in [-0.05, 0) is 24.5 Å². The van der Waals surface area contributed by atoms with Crippen molar-refractivity contribution in [3.63, 3.8) is 0 Å². The Kier molecular flexibility index (Phi) is 7.84. The number of ketones is 1. The van der Waals surface area contributed by atoms with Crippen LogP contribution in [0.1, 0.15) is 74.8 Å². The predicted octanol–water partition coefficient (Wildman–Crippen LogP) is 5.42. The van der Waals surface area contributed by atoms with Crippen molar-refractivity contribution in [3.8, 4) is 11.4 Å². The Bertz CT molecular complexity index is 1160. The molecule has 2 aromatic carbocycles.